The SMILES string of the molecule is CCCNC1=C(I)C=NC(N)(c2ccc(C#N)cc2)N1.Cl. The second kappa shape index (κ2) is 7.64. The minimum atomic E-state index is -1.00. The Labute approximate surface area is 144 Å². The predicted molar refractivity (Wildman–Crippen MR) is 95.2 cm³/mol. The minimum absolute atomic E-state index is 0. The lowest BCUT2D eigenvalue weighted by Crippen LogP contribution is -2.52. The van der Waals surface area contributed by atoms with Crippen LogP contribution in [-0.2, 0) is 5.79 Å². The van der Waals surface area contributed by atoms with E-state index in [1.807, 2.05) is 12.1 Å². The van der Waals surface area contributed by atoms with Crippen molar-refractivity contribution in [2.75, 3.05) is 6.54 Å². The van der Waals surface area contributed by atoms with Gasteiger partial charge >= 0.3 is 0 Å². The van der Waals surface area contributed by atoms with Gasteiger partial charge < -0.3 is 10.6 Å². The highest BCUT2D eigenvalue weighted by molar-refractivity contribution is 14.1. The molecule has 0 bridgehead atoms. The summed E-state index contributed by atoms with van der Waals surface area (Å²) in [6.45, 7) is 2.97. The van der Waals surface area contributed by atoms with Crippen LogP contribution in [0.3, 0.4) is 0 Å². The van der Waals surface area contributed by atoms with Crippen LogP contribution in [0.2, 0.25) is 0 Å². The first-order chi connectivity index (χ1) is 9.59. The van der Waals surface area contributed by atoms with Crippen molar-refractivity contribution in [1.29, 1.82) is 5.26 Å². The van der Waals surface area contributed by atoms with Crippen LogP contribution in [0.15, 0.2) is 38.7 Å². The maximum atomic E-state index is 8.83. The van der Waals surface area contributed by atoms with Gasteiger partial charge in [0, 0.05) is 18.3 Å². The molecular weight excluding hydrogens is 401 g/mol. The van der Waals surface area contributed by atoms with E-state index >= 15 is 0 Å². The van der Waals surface area contributed by atoms with Gasteiger partial charge in [-0.2, -0.15) is 5.26 Å². The fourth-order valence-electron chi connectivity index (χ4n) is 1.83. The quantitative estimate of drug-likeness (QED) is 0.656. The summed E-state index contributed by atoms with van der Waals surface area (Å²) in [6.07, 6.45) is 2.79. The Kier molecular flexibility index (Phi) is 6.45. The summed E-state index contributed by atoms with van der Waals surface area (Å²) in [4.78, 5) is 4.38. The second-order valence-corrected chi connectivity index (χ2v) is 5.65. The lowest BCUT2D eigenvalue weighted by Gasteiger charge is -2.32. The van der Waals surface area contributed by atoms with E-state index in [1.54, 1.807) is 18.3 Å². The highest BCUT2D eigenvalue weighted by Gasteiger charge is 2.30. The molecule has 1 aromatic carbocycles. The molecule has 0 saturated heterocycles. The van der Waals surface area contributed by atoms with Crippen molar-refractivity contribution < 1.29 is 0 Å². The summed E-state index contributed by atoms with van der Waals surface area (Å²) < 4.78 is 0.991. The Morgan fingerprint density at radius 3 is 2.67 bits per heavy atom. The highest BCUT2D eigenvalue weighted by atomic mass is 127. The zero-order valence-corrected chi connectivity index (χ0v) is 14.5. The van der Waals surface area contributed by atoms with E-state index in [1.165, 1.54) is 0 Å². The molecule has 4 N–H and O–H groups in total. The van der Waals surface area contributed by atoms with Crippen LogP contribution in [0.25, 0.3) is 0 Å². The number of hydrogen-bond acceptors (Lipinski definition) is 5. The topological polar surface area (TPSA) is 86.2 Å². The number of benzene rings is 1. The Balaban J connectivity index is 0.00000220. The molecule has 7 heteroatoms. The normalized spacial score (nSPS) is 20.3. The number of hydrogen-bond donors (Lipinski definition) is 3. The highest BCUT2D eigenvalue weighted by Crippen LogP contribution is 2.24. The van der Waals surface area contributed by atoms with Gasteiger partial charge in [-0.05, 0) is 41.1 Å². The lowest BCUT2D eigenvalue weighted by molar-refractivity contribution is 0.381. The van der Waals surface area contributed by atoms with E-state index in [2.05, 4.69) is 51.2 Å². The van der Waals surface area contributed by atoms with Gasteiger partial charge in [0.1, 0.15) is 5.82 Å². The van der Waals surface area contributed by atoms with Gasteiger partial charge in [0.05, 0.1) is 15.2 Å². The first-order valence-corrected chi connectivity index (χ1v) is 7.43. The second-order valence-electron chi connectivity index (χ2n) is 4.49. The molecule has 1 heterocycles. The molecule has 21 heavy (non-hydrogen) atoms. The van der Waals surface area contributed by atoms with Crippen LogP contribution < -0.4 is 16.4 Å². The Hall–Kier alpha value is -1.30. The maximum Gasteiger partial charge on any atom is 0.210 e. The first kappa shape index (κ1) is 17.8. The van der Waals surface area contributed by atoms with Crippen LogP contribution in [0.5, 0.6) is 0 Å². The van der Waals surface area contributed by atoms with E-state index in [0.717, 1.165) is 27.9 Å². The molecule has 2 rings (SSSR count). The number of rotatable bonds is 4. The zero-order valence-electron chi connectivity index (χ0n) is 11.6. The molecule has 0 aliphatic carbocycles. The average Bonchev–Trinajstić information content (AvgIpc) is 2.48. The molecule has 0 saturated carbocycles. The monoisotopic (exact) mass is 417 g/mol. The number of halogens is 2. The Morgan fingerprint density at radius 1 is 1.43 bits per heavy atom. The van der Waals surface area contributed by atoms with Gasteiger partial charge in [-0.3, -0.25) is 5.73 Å². The summed E-state index contributed by atoms with van der Waals surface area (Å²) in [6, 6.07) is 9.21. The van der Waals surface area contributed by atoms with E-state index < -0.39 is 5.79 Å². The number of nitrogens with two attached hydrogens (primary N) is 1. The van der Waals surface area contributed by atoms with Gasteiger partial charge in [0.2, 0.25) is 5.79 Å². The van der Waals surface area contributed by atoms with Crippen molar-refractivity contribution >= 4 is 41.2 Å². The first-order valence-electron chi connectivity index (χ1n) is 6.35. The third-order valence-corrected chi connectivity index (χ3v) is 3.76. The molecule has 1 aliphatic heterocycles. The van der Waals surface area contributed by atoms with Crippen molar-refractivity contribution in [3.8, 4) is 6.07 Å². The Bertz CT molecular complexity index is 590. The lowest BCUT2D eigenvalue weighted by atomic mass is 10.1. The number of nitrogens with one attached hydrogen (secondary N) is 2. The van der Waals surface area contributed by atoms with E-state index in [9.17, 15) is 0 Å². The van der Waals surface area contributed by atoms with Crippen LogP contribution in [0, 0.1) is 11.3 Å². The molecule has 5 nitrogen and oxygen atoms in total. The summed E-state index contributed by atoms with van der Waals surface area (Å²) in [5.74, 6) is -0.118. The van der Waals surface area contributed by atoms with Gasteiger partial charge in [0.15, 0.2) is 0 Å². The Morgan fingerprint density at radius 2 is 2.10 bits per heavy atom. The summed E-state index contributed by atoms with van der Waals surface area (Å²) in [5.41, 5.74) is 7.74. The van der Waals surface area contributed by atoms with Crippen molar-refractivity contribution in [2.24, 2.45) is 10.7 Å². The van der Waals surface area contributed by atoms with Crippen molar-refractivity contribution in [1.82, 2.24) is 10.6 Å². The van der Waals surface area contributed by atoms with Gasteiger partial charge in [-0.1, -0.05) is 19.1 Å². The van der Waals surface area contributed by atoms with E-state index in [0.29, 0.717) is 5.56 Å². The van der Waals surface area contributed by atoms with E-state index in [-0.39, 0.29) is 12.4 Å². The molecule has 1 aliphatic rings. The minimum Gasteiger partial charge on any atom is -0.371 e. The number of nitriles is 1. The van der Waals surface area contributed by atoms with Gasteiger partial charge in [0.25, 0.3) is 0 Å². The maximum absolute atomic E-state index is 8.83. The average molecular weight is 418 g/mol. The molecule has 1 aromatic rings. The summed E-state index contributed by atoms with van der Waals surface area (Å²) in [5, 5.41) is 15.4. The molecule has 0 fully saturated rings. The molecule has 1 atom stereocenters. The molecule has 0 spiro atoms. The number of aliphatic imine (C=N–C) groups is 1. The molecule has 1 unspecified atom stereocenters. The van der Waals surface area contributed by atoms with Crippen molar-refractivity contribution in [2.45, 2.75) is 19.1 Å². The largest absolute Gasteiger partial charge is 0.371 e. The third kappa shape index (κ3) is 4.09. The smallest absolute Gasteiger partial charge is 0.210 e. The fourth-order valence-corrected chi connectivity index (χ4v) is 2.29. The van der Waals surface area contributed by atoms with Crippen LogP contribution >= 0.6 is 35.0 Å². The molecule has 0 radical (unpaired) electrons. The van der Waals surface area contributed by atoms with Gasteiger partial charge in [-0.25, -0.2) is 4.99 Å². The predicted octanol–water partition coefficient (Wildman–Crippen LogP) is 2.33. The van der Waals surface area contributed by atoms with Crippen molar-refractivity contribution in [3.05, 3.63) is 44.8 Å². The van der Waals surface area contributed by atoms with Crippen molar-refractivity contribution in [3.63, 3.8) is 0 Å². The van der Waals surface area contributed by atoms with Gasteiger partial charge in [-0.15, -0.1) is 12.4 Å². The molecule has 0 aromatic heterocycles. The fraction of sp³-hybridized carbons (Fsp3) is 0.286. The summed E-state index contributed by atoms with van der Waals surface area (Å²) >= 11 is 2.21. The number of nitrogens with zero attached hydrogens (tertiary/aromatic N) is 2. The molecule has 0 amide bonds. The van der Waals surface area contributed by atoms with Crippen LogP contribution in [0.1, 0.15) is 24.5 Å². The van der Waals surface area contributed by atoms with E-state index in [4.69, 9.17) is 11.0 Å². The standard InChI is InChI=1S/C14H16IN5.ClH/c1-2-7-18-13-12(15)9-19-14(17,20-13)11-5-3-10(8-16)4-6-11;/h3-6,9,18,20H,2,7,17H2,1H3;1H. The molecule has 112 valence electrons. The molecular formula is C14H17ClIN5. The van der Waals surface area contributed by atoms with Crippen LogP contribution in [-0.4, -0.2) is 12.8 Å². The zero-order chi connectivity index (χ0) is 14.6. The summed E-state index contributed by atoms with van der Waals surface area (Å²) in [7, 11) is 0. The van der Waals surface area contributed by atoms with Crippen LogP contribution in [0.4, 0.5) is 0 Å². The number of allylic oxidation sites excluding steroid dienone is 1. The third-order valence-electron chi connectivity index (χ3n) is 2.94.